The molecule has 8 nitrogen and oxygen atoms in total. The standard InChI is InChI=1S/C23H29N3O5/c1-5-30-20-12-9-18(13-21(20)31-6-2)15-24-26-23(28)16(3)25-22(27)14-17-7-10-19(29-4)11-8-17/h7-13,15-16H,5-6,14H2,1-4H3,(H,25,27)(H,26,28). The molecule has 2 amide bonds. The number of nitrogens with zero attached hydrogens (tertiary/aromatic N) is 1. The number of amides is 2. The molecule has 0 aliphatic carbocycles. The number of nitrogens with one attached hydrogen (secondary N) is 2. The number of ether oxygens (including phenoxy) is 3. The molecule has 2 aromatic rings. The minimum absolute atomic E-state index is 0.164. The first-order valence-electron chi connectivity index (χ1n) is 10.1. The highest BCUT2D eigenvalue weighted by molar-refractivity contribution is 5.89. The monoisotopic (exact) mass is 427 g/mol. The molecule has 0 saturated carbocycles. The van der Waals surface area contributed by atoms with E-state index in [0.717, 1.165) is 16.9 Å². The van der Waals surface area contributed by atoms with Crippen LogP contribution in [0.4, 0.5) is 0 Å². The fraction of sp³-hybridized carbons (Fsp3) is 0.348. The van der Waals surface area contributed by atoms with Crippen LogP contribution in [0.1, 0.15) is 31.9 Å². The molecule has 0 aliphatic rings. The van der Waals surface area contributed by atoms with E-state index >= 15 is 0 Å². The van der Waals surface area contributed by atoms with Gasteiger partial charge in [-0.3, -0.25) is 9.59 Å². The molecular formula is C23H29N3O5. The summed E-state index contributed by atoms with van der Waals surface area (Å²) in [6.07, 6.45) is 1.67. The van der Waals surface area contributed by atoms with E-state index in [4.69, 9.17) is 14.2 Å². The maximum Gasteiger partial charge on any atom is 0.262 e. The van der Waals surface area contributed by atoms with Gasteiger partial charge in [0.1, 0.15) is 11.8 Å². The van der Waals surface area contributed by atoms with E-state index in [-0.39, 0.29) is 12.3 Å². The topological polar surface area (TPSA) is 98.2 Å². The summed E-state index contributed by atoms with van der Waals surface area (Å²) < 4.78 is 16.2. The fourth-order valence-electron chi connectivity index (χ4n) is 2.70. The van der Waals surface area contributed by atoms with Gasteiger partial charge in [0.2, 0.25) is 5.91 Å². The summed E-state index contributed by atoms with van der Waals surface area (Å²) in [5, 5.41) is 6.62. The van der Waals surface area contributed by atoms with Crippen molar-refractivity contribution in [3.05, 3.63) is 53.6 Å². The Balaban J connectivity index is 1.87. The Morgan fingerprint density at radius 3 is 2.35 bits per heavy atom. The molecular weight excluding hydrogens is 398 g/mol. The largest absolute Gasteiger partial charge is 0.497 e. The van der Waals surface area contributed by atoms with Crippen molar-refractivity contribution in [3.63, 3.8) is 0 Å². The van der Waals surface area contributed by atoms with E-state index in [1.165, 1.54) is 6.21 Å². The molecule has 2 aromatic carbocycles. The second-order valence-electron chi connectivity index (χ2n) is 6.62. The summed E-state index contributed by atoms with van der Waals surface area (Å²) >= 11 is 0. The summed E-state index contributed by atoms with van der Waals surface area (Å²) in [6, 6.07) is 11.8. The van der Waals surface area contributed by atoms with E-state index in [2.05, 4.69) is 15.8 Å². The first-order valence-corrected chi connectivity index (χ1v) is 10.1. The lowest BCUT2D eigenvalue weighted by Crippen LogP contribution is -2.43. The number of rotatable bonds is 11. The molecule has 0 spiro atoms. The van der Waals surface area contributed by atoms with Gasteiger partial charge >= 0.3 is 0 Å². The SMILES string of the molecule is CCOc1ccc(C=NNC(=O)C(C)NC(=O)Cc2ccc(OC)cc2)cc1OCC. The Hall–Kier alpha value is -3.55. The van der Waals surface area contributed by atoms with Gasteiger partial charge in [-0.1, -0.05) is 12.1 Å². The van der Waals surface area contributed by atoms with Crippen LogP contribution in [0.2, 0.25) is 0 Å². The van der Waals surface area contributed by atoms with Crippen LogP contribution in [0.25, 0.3) is 0 Å². The van der Waals surface area contributed by atoms with Crippen molar-refractivity contribution in [2.24, 2.45) is 5.10 Å². The third-order valence-corrected chi connectivity index (χ3v) is 4.25. The van der Waals surface area contributed by atoms with Crippen molar-refractivity contribution in [1.82, 2.24) is 10.7 Å². The van der Waals surface area contributed by atoms with Crippen molar-refractivity contribution in [3.8, 4) is 17.2 Å². The lowest BCUT2D eigenvalue weighted by Gasteiger charge is -2.12. The molecule has 166 valence electrons. The molecule has 0 heterocycles. The number of hydrazone groups is 1. The molecule has 2 rings (SSSR count). The maximum atomic E-state index is 12.2. The Morgan fingerprint density at radius 2 is 1.71 bits per heavy atom. The van der Waals surface area contributed by atoms with Gasteiger partial charge in [-0.15, -0.1) is 0 Å². The number of carbonyl (C=O) groups is 2. The molecule has 8 heteroatoms. The lowest BCUT2D eigenvalue weighted by atomic mass is 10.1. The molecule has 0 aromatic heterocycles. The van der Waals surface area contributed by atoms with Gasteiger partial charge < -0.3 is 19.5 Å². The molecule has 0 saturated heterocycles. The van der Waals surface area contributed by atoms with Crippen molar-refractivity contribution in [2.75, 3.05) is 20.3 Å². The van der Waals surface area contributed by atoms with Crippen LogP contribution in [-0.4, -0.2) is 44.4 Å². The van der Waals surface area contributed by atoms with Crippen molar-refractivity contribution >= 4 is 18.0 Å². The minimum atomic E-state index is -0.734. The highest BCUT2D eigenvalue weighted by Crippen LogP contribution is 2.27. The van der Waals surface area contributed by atoms with Gasteiger partial charge in [0.05, 0.1) is 33.0 Å². The minimum Gasteiger partial charge on any atom is -0.497 e. The van der Waals surface area contributed by atoms with Crippen molar-refractivity contribution in [2.45, 2.75) is 33.2 Å². The van der Waals surface area contributed by atoms with Crippen LogP contribution in [0.15, 0.2) is 47.6 Å². The predicted molar refractivity (Wildman–Crippen MR) is 119 cm³/mol. The second kappa shape index (κ2) is 12.2. The summed E-state index contributed by atoms with van der Waals surface area (Å²) in [4.78, 5) is 24.4. The highest BCUT2D eigenvalue weighted by atomic mass is 16.5. The first kappa shape index (κ1) is 23.7. The molecule has 1 unspecified atom stereocenters. The quantitative estimate of drug-likeness (QED) is 0.424. The van der Waals surface area contributed by atoms with Crippen molar-refractivity contribution in [1.29, 1.82) is 0 Å². The fourth-order valence-corrected chi connectivity index (χ4v) is 2.70. The molecule has 0 fully saturated rings. The van der Waals surface area contributed by atoms with Gasteiger partial charge in [0.25, 0.3) is 5.91 Å². The predicted octanol–water partition coefficient (Wildman–Crippen LogP) is 2.69. The number of hydrogen-bond donors (Lipinski definition) is 2. The molecule has 2 N–H and O–H groups in total. The highest BCUT2D eigenvalue weighted by Gasteiger charge is 2.15. The average Bonchev–Trinajstić information content (AvgIpc) is 2.76. The van der Waals surface area contributed by atoms with E-state index in [1.807, 2.05) is 19.9 Å². The zero-order valence-corrected chi connectivity index (χ0v) is 18.3. The Morgan fingerprint density at radius 1 is 1.03 bits per heavy atom. The van der Waals surface area contributed by atoms with Crippen LogP contribution in [0.3, 0.4) is 0 Å². The smallest absolute Gasteiger partial charge is 0.262 e. The van der Waals surface area contributed by atoms with Gasteiger partial charge in [-0.2, -0.15) is 5.10 Å². The van der Waals surface area contributed by atoms with Gasteiger partial charge in [-0.25, -0.2) is 5.43 Å². The number of benzene rings is 2. The van der Waals surface area contributed by atoms with Crippen molar-refractivity contribution < 1.29 is 23.8 Å². The van der Waals surface area contributed by atoms with Crippen LogP contribution in [0.5, 0.6) is 17.2 Å². The Bertz CT molecular complexity index is 897. The molecule has 31 heavy (non-hydrogen) atoms. The second-order valence-corrected chi connectivity index (χ2v) is 6.62. The van der Waals surface area contributed by atoms with Crippen LogP contribution < -0.4 is 25.0 Å². The van der Waals surface area contributed by atoms with E-state index < -0.39 is 11.9 Å². The summed E-state index contributed by atoms with van der Waals surface area (Å²) in [5.41, 5.74) is 4.00. The summed E-state index contributed by atoms with van der Waals surface area (Å²) in [6.45, 7) is 6.43. The van der Waals surface area contributed by atoms with Gasteiger partial charge in [0.15, 0.2) is 11.5 Å². The number of hydrogen-bond acceptors (Lipinski definition) is 6. The third-order valence-electron chi connectivity index (χ3n) is 4.25. The number of carbonyl (C=O) groups excluding carboxylic acids is 2. The van der Waals surface area contributed by atoms with E-state index in [1.54, 1.807) is 50.4 Å². The normalized spacial score (nSPS) is 11.6. The molecule has 1 atom stereocenters. The number of methoxy groups -OCH3 is 1. The Labute approximate surface area is 182 Å². The summed E-state index contributed by atoms with van der Waals surface area (Å²) in [7, 11) is 1.58. The van der Waals surface area contributed by atoms with E-state index in [9.17, 15) is 9.59 Å². The Kier molecular flexibility index (Phi) is 9.35. The molecule has 0 aliphatic heterocycles. The van der Waals surface area contributed by atoms with Crippen LogP contribution in [-0.2, 0) is 16.0 Å². The molecule has 0 bridgehead atoms. The zero-order chi connectivity index (χ0) is 22.6. The van der Waals surface area contributed by atoms with Crippen LogP contribution >= 0.6 is 0 Å². The van der Waals surface area contributed by atoms with Gasteiger partial charge in [0, 0.05) is 0 Å². The van der Waals surface area contributed by atoms with E-state index in [0.29, 0.717) is 24.7 Å². The first-order chi connectivity index (χ1) is 15.0. The third kappa shape index (κ3) is 7.65. The average molecular weight is 428 g/mol. The molecule has 0 radical (unpaired) electrons. The van der Waals surface area contributed by atoms with Gasteiger partial charge in [-0.05, 0) is 62.2 Å². The zero-order valence-electron chi connectivity index (χ0n) is 18.3. The van der Waals surface area contributed by atoms with Crippen LogP contribution in [0, 0.1) is 0 Å². The lowest BCUT2D eigenvalue weighted by molar-refractivity contribution is -0.128. The summed E-state index contributed by atoms with van der Waals surface area (Å²) in [5.74, 6) is 1.30. The maximum absolute atomic E-state index is 12.2.